The zero-order valence-electron chi connectivity index (χ0n) is 17.2. The summed E-state index contributed by atoms with van der Waals surface area (Å²) in [5.41, 5.74) is 4.54. The molecule has 3 rings (SSSR count). The molecular formula is C25H39N. The lowest BCUT2D eigenvalue weighted by molar-refractivity contribution is 0.366. The van der Waals surface area contributed by atoms with E-state index in [1.165, 1.54) is 94.4 Å². The molecule has 1 heterocycles. The summed E-state index contributed by atoms with van der Waals surface area (Å²) in [6.07, 6.45) is 18.3. The lowest BCUT2D eigenvalue weighted by Crippen LogP contribution is -2.18. The van der Waals surface area contributed by atoms with Gasteiger partial charge in [0.1, 0.15) is 0 Å². The van der Waals surface area contributed by atoms with Gasteiger partial charge in [0.2, 0.25) is 0 Å². The van der Waals surface area contributed by atoms with Crippen LogP contribution in [0.2, 0.25) is 0 Å². The zero-order chi connectivity index (χ0) is 18.2. The van der Waals surface area contributed by atoms with E-state index in [0.717, 1.165) is 11.8 Å². The summed E-state index contributed by atoms with van der Waals surface area (Å²) >= 11 is 0. The summed E-state index contributed by atoms with van der Waals surface area (Å²) in [5.74, 6) is 1.58. The van der Waals surface area contributed by atoms with Gasteiger partial charge in [-0.05, 0) is 36.8 Å². The number of fused-ring (bicyclic) bond motifs is 3. The van der Waals surface area contributed by atoms with Crippen LogP contribution in [-0.2, 0) is 6.42 Å². The number of hydrogen-bond donors (Lipinski definition) is 1. The fraction of sp³-hybridized carbons (Fsp3) is 0.680. The Morgan fingerprint density at radius 1 is 0.885 bits per heavy atom. The number of aromatic nitrogens is 1. The van der Waals surface area contributed by atoms with Crippen LogP contribution in [0.15, 0.2) is 24.3 Å². The molecule has 1 heteroatoms. The van der Waals surface area contributed by atoms with Crippen LogP contribution < -0.4 is 0 Å². The largest absolute Gasteiger partial charge is 0.358 e. The number of H-pyrrole nitrogens is 1. The SMILES string of the molecule is CCCCCCCCCCCCC1c2[nH]c3ccccc3c2CCC1C. The van der Waals surface area contributed by atoms with Crippen molar-refractivity contribution in [3.63, 3.8) is 0 Å². The van der Waals surface area contributed by atoms with Crippen molar-refractivity contribution in [3.8, 4) is 0 Å². The monoisotopic (exact) mass is 353 g/mol. The van der Waals surface area contributed by atoms with E-state index in [9.17, 15) is 0 Å². The second-order valence-electron chi connectivity index (χ2n) is 8.66. The van der Waals surface area contributed by atoms with Crippen molar-refractivity contribution >= 4 is 10.9 Å². The van der Waals surface area contributed by atoms with Gasteiger partial charge in [-0.3, -0.25) is 0 Å². The molecule has 1 aromatic carbocycles. The third-order valence-electron chi connectivity index (χ3n) is 6.62. The molecule has 0 aliphatic heterocycles. The van der Waals surface area contributed by atoms with E-state index < -0.39 is 0 Å². The summed E-state index contributed by atoms with van der Waals surface area (Å²) in [7, 11) is 0. The van der Waals surface area contributed by atoms with E-state index in [1.807, 2.05) is 0 Å². The van der Waals surface area contributed by atoms with E-state index in [2.05, 4.69) is 43.1 Å². The molecule has 2 atom stereocenters. The molecule has 144 valence electrons. The minimum Gasteiger partial charge on any atom is -0.358 e. The lowest BCUT2D eigenvalue weighted by atomic mass is 9.76. The first kappa shape index (κ1) is 19.5. The highest BCUT2D eigenvalue weighted by Gasteiger charge is 2.28. The number of benzene rings is 1. The molecule has 0 fully saturated rings. The first-order valence-electron chi connectivity index (χ1n) is 11.4. The standard InChI is InChI=1S/C25H39N/c1-3-4-5-6-7-8-9-10-11-12-15-21-20(2)18-19-23-22-16-13-14-17-24(22)26-25(21)23/h13-14,16-17,20-21,26H,3-12,15,18-19H2,1-2H3. The highest BCUT2D eigenvalue weighted by molar-refractivity contribution is 5.85. The Labute approximate surface area is 161 Å². The summed E-state index contributed by atoms with van der Waals surface area (Å²) < 4.78 is 0. The molecule has 0 radical (unpaired) electrons. The first-order valence-corrected chi connectivity index (χ1v) is 11.4. The molecule has 1 aromatic heterocycles. The lowest BCUT2D eigenvalue weighted by Gasteiger charge is -2.29. The number of unbranched alkanes of at least 4 members (excludes halogenated alkanes) is 9. The number of para-hydroxylation sites is 1. The van der Waals surface area contributed by atoms with Crippen LogP contribution in [0.1, 0.15) is 108 Å². The van der Waals surface area contributed by atoms with Gasteiger partial charge in [-0.1, -0.05) is 96.3 Å². The highest BCUT2D eigenvalue weighted by Crippen LogP contribution is 2.41. The molecule has 0 saturated carbocycles. The molecule has 0 spiro atoms. The van der Waals surface area contributed by atoms with Crippen LogP contribution in [0.4, 0.5) is 0 Å². The van der Waals surface area contributed by atoms with Gasteiger partial charge >= 0.3 is 0 Å². The van der Waals surface area contributed by atoms with Crippen LogP contribution >= 0.6 is 0 Å². The predicted octanol–water partition coefficient (Wildman–Crippen LogP) is 8.14. The molecule has 0 saturated heterocycles. The van der Waals surface area contributed by atoms with Crippen LogP contribution in [0, 0.1) is 5.92 Å². The van der Waals surface area contributed by atoms with Crippen molar-refractivity contribution < 1.29 is 0 Å². The number of nitrogens with one attached hydrogen (secondary N) is 1. The number of aryl methyl sites for hydroxylation is 1. The van der Waals surface area contributed by atoms with Crippen molar-refractivity contribution in [1.82, 2.24) is 4.98 Å². The molecule has 0 bridgehead atoms. The van der Waals surface area contributed by atoms with E-state index in [-0.39, 0.29) is 0 Å². The van der Waals surface area contributed by atoms with Crippen molar-refractivity contribution in [3.05, 3.63) is 35.5 Å². The molecular weight excluding hydrogens is 314 g/mol. The molecule has 2 aromatic rings. The molecule has 1 aliphatic carbocycles. The molecule has 1 N–H and O–H groups in total. The zero-order valence-corrected chi connectivity index (χ0v) is 17.2. The third kappa shape index (κ3) is 4.93. The molecule has 26 heavy (non-hydrogen) atoms. The average molecular weight is 354 g/mol. The van der Waals surface area contributed by atoms with Gasteiger partial charge in [0, 0.05) is 22.5 Å². The Kier molecular flexibility index (Phi) is 7.65. The van der Waals surface area contributed by atoms with Gasteiger partial charge in [-0.25, -0.2) is 0 Å². The minimum absolute atomic E-state index is 0.750. The Bertz CT molecular complexity index is 653. The van der Waals surface area contributed by atoms with Gasteiger partial charge in [0.25, 0.3) is 0 Å². The maximum Gasteiger partial charge on any atom is 0.0459 e. The maximum atomic E-state index is 3.78. The van der Waals surface area contributed by atoms with E-state index in [4.69, 9.17) is 0 Å². The highest BCUT2D eigenvalue weighted by atomic mass is 14.7. The topological polar surface area (TPSA) is 15.8 Å². The van der Waals surface area contributed by atoms with Gasteiger partial charge in [-0.2, -0.15) is 0 Å². The van der Waals surface area contributed by atoms with Gasteiger partial charge in [0.15, 0.2) is 0 Å². The van der Waals surface area contributed by atoms with E-state index in [1.54, 1.807) is 11.3 Å². The predicted molar refractivity (Wildman–Crippen MR) is 115 cm³/mol. The minimum atomic E-state index is 0.750. The molecule has 1 aliphatic rings. The quantitative estimate of drug-likeness (QED) is 0.392. The second-order valence-corrected chi connectivity index (χ2v) is 8.66. The van der Waals surface area contributed by atoms with Crippen LogP contribution in [0.25, 0.3) is 10.9 Å². The van der Waals surface area contributed by atoms with Gasteiger partial charge < -0.3 is 4.98 Å². The van der Waals surface area contributed by atoms with Crippen molar-refractivity contribution in [2.24, 2.45) is 5.92 Å². The summed E-state index contributed by atoms with van der Waals surface area (Å²) in [6.45, 7) is 4.77. The van der Waals surface area contributed by atoms with Crippen molar-refractivity contribution in [2.45, 2.75) is 103 Å². The van der Waals surface area contributed by atoms with Crippen LogP contribution in [-0.4, -0.2) is 4.98 Å². The second kappa shape index (κ2) is 10.2. The Balaban J connectivity index is 1.41. The molecule has 0 amide bonds. The van der Waals surface area contributed by atoms with Gasteiger partial charge in [-0.15, -0.1) is 0 Å². The Hall–Kier alpha value is -1.24. The number of rotatable bonds is 11. The number of hydrogen-bond acceptors (Lipinski definition) is 0. The van der Waals surface area contributed by atoms with E-state index >= 15 is 0 Å². The third-order valence-corrected chi connectivity index (χ3v) is 6.62. The Morgan fingerprint density at radius 3 is 2.27 bits per heavy atom. The van der Waals surface area contributed by atoms with Crippen LogP contribution in [0.3, 0.4) is 0 Å². The summed E-state index contributed by atoms with van der Waals surface area (Å²) in [5, 5.41) is 1.47. The van der Waals surface area contributed by atoms with Crippen LogP contribution in [0.5, 0.6) is 0 Å². The van der Waals surface area contributed by atoms with Crippen molar-refractivity contribution in [1.29, 1.82) is 0 Å². The summed E-state index contributed by atoms with van der Waals surface area (Å²) in [6, 6.07) is 8.89. The first-order chi connectivity index (χ1) is 12.8. The normalized spacial score (nSPS) is 19.8. The van der Waals surface area contributed by atoms with E-state index in [0.29, 0.717) is 0 Å². The summed E-state index contributed by atoms with van der Waals surface area (Å²) in [4.78, 5) is 3.78. The number of aromatic amines is 1. The fourth-order valence-corrected chi connectivity index (χ4v) is 4.94. The fourth-order valence-electron chi connectivity index (χ4n) is 4.94. The Morgan fingerprint density at radius 2 is 1.54 bits per heavy atom. The molecule has 1 nitrogen and oxygen atoms in total. The van der Waals surface area contributed by atoms with Gasteiger partial charge in [0.05, 0.1) is 0 Å². The molecule has 2 unspecified atom stereocenters. The smallest absolute Gasteiger partial charge is 0.0459 e. The maximum absolute atomic E-state index is 3.78. The average Bonchev–Trinajstić information content (AvgIpc) is 3.03. The van der Waals surface area contributed by atoms with Crippen molar-refractivity contribution in [2.75, 3.05) is 0 Å².